The quantitative estimate of drug-likeness (QED) is 0.870. The van der Waals surface area contributed by atoms with Crippen LogP contribution in [0.4, 0.5) is 9.18 Å². The first-order valence-electron chi connectivity index (χ1n) is 6.62. The molecule has 1 aromatic carbocycles. The molecule has 0 spiro atoms. The highest BCUT2D eigenvalue weighted by Gasteiger charge is 2.24. The Balaban J connectivity index is 2.18. The monoisotopic (exact) mass is 339 g/mol. The summed E-state index contributed by atoms with van der Waals surface area (Å²) in [5, 5.41) is 2.26. The number of methoxy groups -OCH3 is 1. The van der Waals surface area contributed by atoms with Crippen molar-refractivity contribution in [1.82, 2.24) is 5.32 Å². The van der Waals surface area contributed by atoms with Crippen LogP contribution in [0, 0.1) is 12.7 Å². The predicted molar refractivity (Wildman–Crippen MR) is 81.9 cm³/mol. The number of alkyl carbamates (subject to hydrolysis) is 1. The Kier molecular flexibility index (Phi) is 4.95. The smallest absolute Gasteiger partial charge is 0.413 e. The highest BCUT2D eigenvalue weighted by atomic mass is 32.1. The van der Waals surface area contributed by atoms with Gasteiger partial charge in [0, 0.05) is 10.1 Å². The van der Waals surface area contributed by atoms with Crippen LogP contribution in [-0.4, -0.2) is 31.2 Å². The summed E-state index contributed by atoms with van der Waals surface area (Å²) in [7, 11) is 1.11. The molecule has 1 aromatic heterocycles. The molecule has 0 saturated carbocycles. The molecule has 2 rings (SSSR count). The fraction of sp³-hybridized carbons (Fsp3) is 0.267. The lowest BCUT2D eigenvalue weighted by atomic mass is 10.1. The van der Waals surface area contributed by atoms with Crippen LogP contribution < -0.4 is 5.32 Å². The number of nitrogens with one attached hydrogen (secondary N) is 1. The summed E-state index contributed by atoms with van der Waals surface area (Å²) in [6, 6.07) is 4.55. The van der Waals surface area contributed by atoms with E-state index in [-0.39, 0.29) is 4.88 Å². The lowest BCUT2D eigenvalue weighted by Gasteiger charge is -2.11. The Morgan fingerprint density at radius 1 is 1.30 bits per heavy atom. The minimum atomic E-state index is -1.20. The number of esters is 1. The fourth-order valence-corrected chi connectivity index (χ4v) is 3.07. The molecular weight excluding hydrogens is 325 g/mol. The third-order valence-electron chi connectivity index (χ3n) is 3.15. The number of halogens is 1. The Hall–Kier alpha value is -2.48. The van der Waals surface area contributed by atoms with E-state index >= 15 is 0 Å². The van der Waals surface area contributed by atoms with Crippen LogP contribution in [0.5, 0.6) is 0 Å². The second-order valence-corrected chi connectivity index (χ2v) is 5.75. The maximum atomic E-state index is 13.8. The first kappa shape index (κ1) is 16.9. The molecule has 0 radical (unpaired) electrons. The van der Waals surface area contributed by atoms with E-state index in [2.05, 4.69) is 4.74 Å². The standard InChI is InChI=1S/C15H14FNO5S/c1-7-11-9(16)5-4-6-10(11)23-12(7)14(19)22-8(2)13(18)17-15(20)21-3/h4-6,8H,1-3H3,(H,17,18,20)/t8-/m1/s1. The van der Waals surface area contributed by atoms with Crippen molar-refractivity contribution in [3.8, 4) is 0 Å². The summed E-state index contributed by atoms with van der Waals surface area (Å²) >= 11 is 1.08. The van der Waals surface area contributed by atoms with Gasteiger partial charge in [0.25, 0.3) is 5.91 Å². The zero-order chi connectivity index (χ0) is 17.1. The number of amides is 2. The molecule has 0 aliphatic carbocycles. The molecule has 0 fully saturated rings. The van der Waals surface area contributed by atoms with E-state index < -0.39 is 29.9 Å². The first-order chi connectivity index (χ1) is 10.8. The van der Waals surface area contributed by atoms with E-state index in [0.29, 0.717) is 15.6 Å². The van der Waals surface area contributed by atoms with Crippen LogP contribution >= 0.6 is 11.3 Å². The third kappa shape index (κ3) is 3.48. The summed E-state index contributed by atoms with van der Waals surface area (Å²) in [6.45, 7) is 2.93. The van der Waals surface area contributed by atoms with Gasteiger partial charge in [-0.2, -0.15) is 0 Å². The van der Waals surface area contributed by atoms with Crippen molar-refractivity contribution in [2.75, 3.05) is 7.11 Å². The minimum Gasteiger partial charge on any atom is -0.453 e. The molecule has 1 atom stereocenters. The summed E-state index contributed by atoms with van der Waals surface area (Å²) in [4.78, 5) is 35.0. The molecule has 2 amide bonds. The molecule has 2 aromatic rings. The van der Waals surface area contributed by atoms with Crippen molar-refractivity contribution in [1.29, 1.82) is 0 Å². The molecule has 0 unspecified atom stereocenters. The van der Waals surface area contributed by atoms with Crippen LogP contribution in [-0.2, 0) is 14.3 Å². The number of benzene rings is 1. The van der Waals surface area contributed by atoms with Gasteiger partial charge < -0.3 is 9.47 Å². The van der Waals surface area contributed by atoms with Gasteiger partial charge in [-0.25, -0.2) is 14.0 Å². The van der Waals surface area contributed by atoms with Crippen molar-refractivity contribution >= 4 is 39.4 Å². The summed E-state index contributed by atoms with van der Waals surface area (Å²) in [5.74, 6) is -1.99. The Labute approximate surface area is 135 Å². The summed E-state index contributed by atoms with van der Waals surface area (Å²) < 4.78 is 23.8. The minimum absolute atomic E-state index is 0.211. The highest BCUT2D eigenvalue weighted by Crippen LogP contribution is 2.33. The summed E-state index contributed by atoms with van der Waals surface area (Å²) in [5.41, 5.74) is 0.452. The number of rotatable bonds is 3. The Bertz CT molecular complexity index is 786. The first-order valence-corrected chi connectivity index (χ1v) is 7.44. The lowest BCUT2D eigenvalue weighted by Crippen LogP contribution is -2.39. The van der Waals surface area contributed by atoms with Gasteiger partial charge in [0.2, 0.25) is 0 Å². The van der Waals surface area contributed by atoms with Crippen molar-refractivity contribution in [2.45, 2.75) is 20.0 Å². The van der Waals surface area contributed by atoms with Crippen LogP contribution in [0.15, 0.2) is 18.2 Å². The molecule has 0 aliphatic heterocycles. The number of carbonyl (C=O) groups is 3. The van der Waals surface area contributed by atoms with Gasteiger partial charge in [-0.05, 0) is 31.5 Å². The number of hydrogen-bond donors (Lipinski definition) is 1. The number of ether oxygens (including phenoxy) is 2. The van der Waals surface area contributed by atoms with Crippen molar-refractivity contribution in [2.24, 2.45) is 0 Å². The predicted octanol–water partition coefficient (Wildman–Crippen LogP) is 2.78. The van der Waals surface area contributed by atoms with E-state index in [1.165, 1.54) is 13.0 Å². The van der Waals surface area contributed by atoms with Crippen molar-refractivity contribution in [3.63, 3.8) is 0 Å². The van der Waals surface area contributed by atoms with Crippen LogP contribution in [0.25, 0.3) is 10.1 Å². The number of aryl methyl sites for hydroxylation is 1. The molecule has 0 saturated heterocycles. The zero-order valence-electron chi connectivity index (χ0n) is 12.6. The topological polar surface area (TPSA) is 81.7 Å². The lowest BCUT2D eigenvalue weighted by molar-refractivity contribution is -0.128. The van der Waals surface area contributed by atoms with Crippen LogP contribution in [0.3, 0.4) is 0 Å². The van der Waals surface area contributed by atoms with E-state index in [9.17, 15) is 18.8 Å². The average molecular weight is 339 g/mol. The zero-order valence-corrected chi connectivity index (χ0v) is 13.5. The molecule has 1 N–H and O–H groups in total. The van der Waals surface area contributed by atoms with Gasteiger partial charge in [-0.3, -0.25) is 10.1 Å². The van der Waals surface area contributed by atoms with Gasteiger partial charge in [-0.15, -0.1) is 11.3 Å². The maximum Gasteiger partial charge on any atom is 0.413 e. The van der Waals surface area contributed by atoms with Crippen molar-refractivity contribution in [3.05, 3.63) is 34.5 Å². The van der Waals surface area contributed by atoms with Crippen LogP contribution in [0.2, 0.25) is 0 Å². The molecular formula is C15H14FNO5S. The molecule has 1 heterocycles. The third-order valence-corrected chi connectivity index (χ3v) is 4.39. The second-order valence-electron chi connectivity index (χ2n) is 4.70. The molecule has 0 aliphatic rings. The maximum absolute atomic E-state index is 13.8. The number of thiophene rings is 1. The molecule has 0 bridgehead atoms. The van der Waals surface area contributed by atoms with Crippen LogP contribution in [0.1, 0.15) is 22.2 Å². The van der Waals surface area contributed by atoms with E-state index in [0.717, 1.165) is 18.4 Å². The Morgan fingerprint density at radius 2 is 2.00 bits per heavy atom. The van der Waals surface area contributed by atoms with E-state index in [1.807, 2.05) is 5.32 Å². The molecule has 23 heavy (non-hydrogen) atoms. The van der Waals surface area contributed by atoms with Crippen molar-refractivity contribution < 1.29 is 28.2 Å². The second kappa shape index (κ2) is 6.74. The number of carbonyl (C=O) groups excluding carboxylic acids is 3. The normalized spacial score (nSPS) is 11.8. The van der Waals surface area contributed by atoms with Gasteiger partial charge in [0.15, 0.2) is 6.10 Å². The molecule has 122 valence electrons. The van der Waals surface area contributed by atoms with Gasteiger partial charge in [0.05, 0.1) is 7.11 Å². The molecule has 8 heteroatoms. The fourth-order valence-electron chi connectivity index (χ4n) is 1.97. The average Bonchev–Trinajstić information content (AvgIpc) is 2.85. The largest absolute Gasteiger partial charge is 0.453 e. The SMILES string of the molecule is COC(=O)NC(=O)[C@@H](C)OC(=O)c1sc2cccc(F)c2c1C. The number of hydrogen-bond acceptors (Lipinski definition) is 6. The van der Waals surface area contributed by atoms with E-state index in [4.69, 9.17) is 4.74 Å². The summed E-state index contributed by atoms with van der Waals surface area (Å²) in [6.07, 6.45) is -2.14. The Morgan fingerprint density at radius 3 is 2.61 bits per heavy atom. The highest BCUT2D eigenvalue weighted by molar-refractivity contribution is 7.21. The molecule has 6 nitrogen and oxygen atoms in total. The van der Waals surface area contributed by atoms with Gasteiger partial charge in [-0.1, -0.05) is 6.07 Å². The number of imide groups is 1. The van der Waals surface area contributed by atoms with Gasteiger partial charge >= 0.3 is 12.1 Å². The van der Waals surface area contributed by atoms with E-state index in [1.54, 1.807) is 19.1 Å². The number of fused-ring (bicyclic) bond motifs is 1. The van der Waals surface area contributed by atoms with Gasteiger partial charge in [0.1, 0.15) is 10.7 Å².